The topological polar surface area (TPSA) is 52.0 Å². The molecule has 0 saturated carbocycles. The summed E-state index contributed by atoms with van der Waals surface area (Å²) in [5.74, 6) is 0. The van der Waals surface area contributed by atoms with Gasteiger partial charge in [0.25, 0.3) is 0 Å². The highest BCUT2D eigenvalue weighted by Crippen LogP contribution is 2.03. The van der Waals surface area contributed by atoms with Crippen molar-refractivity contribution in [3.05, 3.63) is 54.9 Å². The van der Waals surface area contributed by atoms with Crippen LogP contribution in [0, 0.1) is 0 Å². The second-order valence-corrected chi connectivity index (χ2v) is 4.33. The average molecular weight is 272 g/mol. The molecule has 0 fully saturated rings. The van der Waals surface area contributed by atoms with E-state index < -0.39 is 0 Å². The van der Waals surface area contributed by atoms with Gasteiger partial charge in [-0.3, -0.25) is 0 Å². The van der Waals surface area contributed by atoms with Crippen molar-refractivity contribution in [2.75, 3.05) is 19.8 Å². The van der Waals surface area contributed by atoms with Crippen LogP contribution in [0.5, 0.6) is 0 Å². The molecule has 20 heavy (non-hydrogen) atoms. The highest BCUT2D eigenvalue weighted by molar-refractivity contribution is 5.28. The van der Waals surface area contributed by atoms with Gasteiger partial charge < -0.3 is 10.1 Å². The smallest absolute Gasteiger partial charge is 0.0969 e. The van der Waals surface area contributed by atoms with Crippen LogP contribution in [0.4, 0.5) is 0 Å². The van der Waals surface area contributed by atoms with Crippen molar-refractivity contribution in [1.82, 2.24) is 20.3 Å². The summed E-state index contributed by atoms with van der Waals surface area (Å²) in [6, 6.07) is 9.87. The second kappa shape index (κ2) is 8.24. The van der Waals surface area contributed by atoms with Crippen LogP contribution in [-0.4, -0.2) is 34.8 Å². The third kappa shape index (κ3) is 4.60. The molecule has 2 aromatic rings. The van der Waals surface area contributed by atoms with Gasteiger partial charge in [-0.05, 0) is 18.6 Å². The first-order valence-corrected chi connectivity index (χ1v) is 6.76. The van der Waals surface area contributed by atoms with Gasteiger partial charge in [0.15, 0.2) is 0 Å². The fourth-order valence-electron chi connectivity index (χ4n) is 1.69. The van der Waals surface area contributed by atoms with Crippen molar-refractivity contribution in [3.8, 4) is 5.69 Å². The number of benzene rings is 1. The monoisotopic (exact) mass is 272 g/mol. The van der Waals surface area contributed by atoms with Crippen molar-refractivity contribution in [3.63, 3.8) is 0 Å². The van der Waals surface area contributed by atoms with Gasteiger partial charge in [-0.15, -0.1) is 6.58 Å². The average Bonchev–Trinajstić information content (AvgIpc) is 2.96. The first-order chi connectivity index (χ1) is 9.90. The lowest BCUT2D eigenvalue weighted by molar-refractivity contribution is 0.140. The van der Waals surface area contributed by atoms with Crippen LogP contribution in [0.1, 0.15) is 12.1 Å². The molecule has 0 spiro atoms. The summed E-state index contributed by atoms with van der Waals surface area (Å²) < 4.78 is 5.41. The Bertz CT molecular complexity index is 510. The third-order valence-corrected chi connectivity index (χ3v) is 2.72. The minimum absolute atomic E-state index is 0.692. The predicted molar refractivity (Wildman–Crippen MR) is 78.7 cm³/mol. The molecular formula is C15H20N4O. The zero-order valence-electron chi connectivity index (χ0n) is 11.5. The molecule has 1 heterocycles. The number of rotatable bonds is 9. The molecule has 0 atom stereocenters. The molecule has 0 aliphatic heterocycles. The van der Waals surface area contributed by atoms with Gasteiger partial charge in [-0.25, -0.2) is 0 Å². The van der Waals surface area contributed by atoms with Gasteiger partial charge in [0.2, 0.25) is 0 Å². The fourth-order valence-corrected chi connectivity index (χ4v) is 1.69. The minimum atomic E-state index is 0.692. The van der Waals surface area contributed by atoms with E-state index in [4.69, 9.17) is 4.74 Å². The van der Waals surface area contributed by atoms with E-state index in [1.807, 2.05) is 36.4 Å². The maximum absolute atomic E-state index is 5.41. The van der Waals surface area contributed by atoms with Gasteiger partial charge in [-0.2, -0.15) is 15.0 Å². The molecule has 5 heteroatoms. The zero-order valence-corrected chi connectivity index (χ0v) is 11.5. The standard InChI is InChI=1S/C15H20N4O/c1-2-3-10-20-11-9-16-12-14-13-17-19(18-14)15-7-5-4-6-8-15/h2,4-8,13,16H,1,3,9-12H2. The Balaban J connectivity index is 1.70. The summed E-state index contributed by atoms with van der Waals surface area (Å²) in [5, 5.41) is 11.9. The van der Waals surface area contributed by atoms with Gasteiger partial charge in [0.05, 0.1) is 30.8 Å². The molecular weight excluding hydrogens is 252 g/mol. The van der Waals surface area contributed by atoms with E-state index in [0.29, 0.717) is 13.2 Å². The van der Waals surface area contributed by atoms with E-state index in [1.54, 1.807) is 11.0 Å². The maximum Gasteiger partial charge on any atom is 0.0969 e. The Morgan fingerprint density at radius 1 is 1.25 bits per heavy atom. The van der Waals surface area contributed by atoms with E-state index >= 15 is 0 Å². The number of para-hydroxylation sites is 1. The Hall–Kier alpha value is -1.98. The van der Waals surface area contributed by atoms with E-state index in [0.717, 1.165) is 31.0 Å². The minimum Gasteiger partial charge on any atom is -0.380 e. The van der Waals surface area contributed by atoms with Crippen LogP contribution in [0.2, 0.25) is 0 Å². The quantitative estimate of drug-likeness (QED) is 0.560. The molecule has 5 nitrogen and oxygen atoms in total. The molecule has 1 aromatic heterocycles. The van der Waals surface area contributed by atoms with Crippen molar-refractivity contribution in [2.24, 2.45) is 0 Å². The summed E-state index contributed by atoms with van der Waals surface area (Å²) in [6.45, 7) is 6.57. The molecule has 0 bridgehead atoms. The lowest BCUT2D eigenvalue weighted by Crippen LogP contribution is -2.19. The summed E-state index contributed by atoms with van der Waals surface area (Å²) in [6.07, 6.45) is 4.53. The number of hydrogen-bond acceptors (Lipinski definition) is 4. The highest BCUT2D eigenvalue weighted by Gasteiger charge is 2.01. The largest absolute Gasteiger partial charge is 0.380 e. The summed E-state index contributed by atoms with van der Waals surface area (Å²) in [5.41, 5.74) is 1.88. The normalized spacial score (nSPS) is 10.6. The molecule has 106 valence electrons. The summed E-state index contributed by atoms with van der Waals surface area (Å²) >= 11 is 0. The number of nitrogens with zero attached hydrogens (tertiary/aromatic N) is 3. The zero-order chi connectivity index (χ0) is 14.0. The predicted octanol–water partition coefficient (Wildman–Crippen LogP) is 1.95. The molecule has 0 saturated heterocycles. The second-order valence-electron chi connectivity index (χ2n) is 4.33. The van der Waals surface area contributed by atoms with Crippen LogP contribution in [-0.2, 0) is 11.3 Å². The molecule has 0 aliphatic carbocycles. The Labute approximate surface area is 119 Å². The van der Waals surface area contributed by atoms with Crippen molar-refractivity contribution < 1.29 is 4.74 Å². The van der Waals surface area contributed by atoms with Crippen molar-refractivity contribution in [2.45, 2.75) is 13.0 Å². The molecule has 0 amide bonds. The third-order valence-electron chi connectivity index (χ3n) is 2.72. The molecule has 0 unspecified atom stereocenters. The molecule has 1 aromatic carbocycles. The fraction of sp³-hybridized carbons (Fsp3) is 0.333. The van der Waals surface area contributed by atoms with Crippen molar-refractivity contribution in [1.29, 1.82) is 0 Å². The first-order valence-electron chi connectivity index (χ1n) is 6.76. The molecule has 1 N–H and O–H groups in total. The van der Waals surface area contributed by atoms with Crippen LogP contribution in [0.3, 0.4) is 0 Å². The van der Waals surface area contributed by atoms with Crippen LogP contribution < -0.4 is 5.32 Å². The molecule has 2 rings (SSSR count). The lowest BCUT2D eigenvalue weighted by atomic mass is 10.3. The van der Waals surface area contributed by atoms with Gasteiger partial charge >= 0.3 is 0 Å². The van der Waals surface area contributed by atoms with E-state index in [-0.39, 0.29) is 0 Å². The molecule has 0 radical (unpaired) electrons. The van der Waals surface area contributed by atoms with Crippen molar-refractivity contribution >= 4 is 0 Å². The number of hydrogen-bond donors (Lipinski definition) is 1. The molecule has 0 aliphatic rings. The van der Waals surface area contributed by atoms with Crippen LogP contribution in [0.25, 0.3) is 5.69 Å². The first kappa shape index (κ1) is 14.4. The number of aromatic nitrogens is 3. The van der Waals surface area contributed by atoms with Gasteiger partial charge in [-0.1, -0.05) is 24.3 Å². The van der Waals surface area contributed by atoms with Crippen LogP contribution >= 0.6 is 0 Å². The van der Waals surface area contributed by atoms with E-state index in [9.17, 15) is 0 Å². The Morgan fingerprint density at radius 2 is 2.10 bits per heavy atom. The van der Waals surface area contributed by atoms with Gasteiger partial charge in [0.1, 0.15) is 0 Å². The Morgan fingerprint density at radius 3 is 2.90 bits per heavy atom. The van der Waals surface area contributed by atoms with Gasteiger partial charge in [0, 0.05) is 13.1 Å². The lowest BCUT2D eigenvalue weighted by Gasteiger charge is -2.03. The SMILES string of the molecule is C=CCCOCCNCc1cnn(-c2ccccc2)n1. The van der Waals surface area contributed by atoms with E-state index in [1.165, 1.54) is 0 Å². The summed E-state index contributed by atoms with van der Waals surface area (Å²) in [7, 11) is 0. The summed E-state index contributed by atoms with van der Waals surface area (Å²) in [4.78, 5) is 1.64. The maximum atomic E-state index is 5.41. The number of nitrogens with one attached hydrogen (secondary N) is 1. The Kier molecular flexibility index (Phi) is 5.95. The highest BCUT2D eigenvalue weighted by atomic mass is 16.5. The number of ether oxygens (including phenoxy) is 1. The van der Waals surface area contributed by atoms with Crippen LogP contribution in [0.15, 0.2) is 49.2 Å². The van der Waals surface area contributed by atoms with E-state index in [2.05, 4.69) is 22.1 Å².